The average molecular weight is 224 g/mol. The maximum atomic E-state index is 4.14. The van der Waals surface area contributed by atoms with Gasteiger partial charge in [0.15, 0.2) is 0 Å². The third kappa shape index (κ3) is 0.607. The number of rotatable bonds is 1. The predicted octanol–water partition coefficient (Wildman–Crippen LogP) is 4.26. The van der Waals surface area contributed by atoms with E-state index in [1.807, 2.05) is 16.7 Å². The minimum absolute atomic E-state index is 0.523. The van der Waals surface area contributed by atoms with E-state index in [0.29, 0.717) is 22.2 Å². The fraction of sp³-hybridized carbons (Fsp3) is 0.647. The number of hydrogen-bond donors (Lipinski definition) is 0. The van der Waals surface area contributed by atoms with Gasteiger partial charge in [0.2, 0.25) is 0 Å². The molecule has 0 aromatic carbocycles. The first-order chi connectivity index (χ1) is 7.98. The zero-order chi connectivity index (χ0) is 11.8. The highest BCUT2D eigenvalue weighted by Gasteiger charge is 2.89. The Morgan fingerprint density at radius 2 is 1.82 bits per heavy atom. The minimum Gasteiger partial charge on any atom is -0.102 e. The van der Waals surface area contributed by atoms with Crippen LogP contribution in [0, 0.1) is 28.1 Å². The van der Waals surface area contributed by atoms with Crippen molar-refractivity contribution in [3.05, 3.63) is 34.9 Å². The fourth-order valence-electron chi connectivity index (χ4n) is 6.42. The van der Waals surface area contributed by atoms with Crippen molar-refractivity contribution in [1.29, 1.82) is 0 Å². The smallest absolute Gasteiger partial charge is 0.0245 e. The summed E-state index contributed by atoms with van der Waals surface area (Å²) in [5.74, 6) is 1.58. The molecule has 7 rings (SSSR count). The summed E-state index contributed by atoms with van der Waals surface area (Å²) in [6.45, 7) is 11.6. The van der Waals surface area contributed by atoms with Gasteiger partial charge in [-0.05, 0) is 41.7 Å². The quantitative estimate of drug-likeness (QED) is 0.584. The van der Waals surface area contributed by atoms with Gasteiger partial charge in [-0.25, -0.2) is 0 Å². The Morgan fingerprint density at radius 1 is 1.12 bits per heavy atom. The molecule has 0 aliphatic heterocycles. The minimum atomic E-state index is 0.523. The Labute approximate surface area is 103 Å². The van der Waals surface area contributed by atoms with Crippen LogP contribution in [0.5, 0.6) is 0 Å². The second-order valence-electron chi connectivity index (χ2n) is 7.71. The Bertz CT molecular complexity index is 555. The Morgan fingerprint density at radius 3 is 2.47 bits per heavy atom. The van der Waals surface area contributed by atoms with Gasteiger partial charge in [-0.1, -0.05) is 38.0 Å². The molecule has 4 fully saturated rings. The van der Waals surface area contributed by atoms with Crippen molar-refractivity contribution < 1.29 is 0 Å². The maximum Gasteiger partial charge on any atom is 0.0245 e. The van der Waals surface area contributed by atoms with Crippen molar-refractivity contribution in [2.45, 2.75) is 40.0 Å². The second kappa shape index (κ2) is 2.00. The SMILES string of the molecule is C=CC1C2=C3C4(C)C(=C5CC1C(C)(C5)C2)C34C. The largest absolute Gasteiger partial charge is 0.102 e. The molecular weight excluding hydrogens is 204 g/mol. The van der Waals surface area contributed by atoms with E-state index in [4.69, 9.17) is 0 Å². The van der Waals surface area contributed by atoms with E-state index in [0.717, 1.165) is 5.92 Å². The van der Waals surface area contributed by atoms with E-state index in [-0.39, 0.29) is 0 Å². The van der Waals surface area contributed by atoms with Gasteiger partial charge < -0.3 is 0 Å². The van der Waals surface area contributed by atoms with Gasteiger partial charge in [-0.2, -0.15) is 0 Å². The monoisotopic (exact) mass is 224 g/mol. The molecule has 17 heavy (non-hydrogen) atoms. The lowest BCUT2D eigenvalue weighted by Crippen LogP contribution is -2.17. The Hall–Kier alpha value is -0.780. The topological polar surface area (TPSA) is 0 Å². The van der Waals surface area contributed by atoms with Crippen molar-refractivity contribution in [1.82, 2.24) is 0 Å². The highest BCUT2D eigenvalue weighted by atomic mass is 14.9. The molecule has 0 nitrogen and oxygen atoms in total. The molecular formula is C17H20. The highest BCUT2D eigenvalue weighted by Crippen LogP contribution is 2.97. The summed E-state index contributed by atoms with van der Waals surface area (Å²) in [7, 11) is 0. The lowest BCUT2D eigenvalue weighted by molar-refractivity contribution is 0.258. The molecule has 5 unspecified atom stereocenters. The normalized spacial score (nSPS) is 60.4. The van der Waals surface area contributed by atoms with Crippen molar-refractivity contribution in [3.8, 4) is 0 Å². The van der Waals surface area contributed by atoms with Crippen LogP contribution >= 0.6 is 0 Å². The first-order valence-corrected chi connectivity index (χ1v) is 7.08. The molecule has 0 aromatic heterocycles. The Balaban J connectivity index is 1.86. The number of allylic oxidation sites excluding steroid dienone is 5. The predicted molar refractivity (Wildman–Crippen MR) is 69.4 cm³/mol. The van der Waals surface area contributed by atoms with E-state index >= 15 is 0 Å². The van der Waals surface area contributed by atoms with E-state index in [1.54, 1.807) is 5.57 Å². The Kier molecular flexibility index (Phi) is 1.08. The molecule has 0 N–H and O–H groups in total. The summed E-state index contributed by atoms with van der Waals surface area (Å²) < 4.78 is 0. The van der Waals surface area contributed by atoms with Crippen molar-refractivity contribution in [2.75, 3.05) is 0 Å². The zero-order valence-corrected chi connectivity index (χ0v) is 11.1. The van der Waals surface area contributed by atoms with Gasteiger partial charge in [0.05, 0.1) is 0 Å². The molecule has 4 saturated carbocycles. The molecule has 0 heteroatoms. The molecule has 0 radical (unpaired) electrons. The fourth-order valence-corrected chi connectivity index (χ4v) is 6.42. The van der Waals surface area contributed by atoms with Crippen LogP contribution in [0.25, 0.3) is 0 Å². The van der Waals surface area contributed by atoms with Crippen LogP contribution in [0.4, 0.5) is 0 Å². The third-order valence-corrected chi connectivity index (χ3v) is 7.21. The lowest BCUT2D eigenvalue weighted by Gasteiger charge is -2.24. The summed E-state index contributed by atoms with van der Waals surface area (Å²) in [5.41, 5.74) is 8.96. The van der Waals surface area contributed by atoms with Crippen molar-refractivity contribution >= 4 is 0 Å². The summed E-state index contributed by atoms with van der Waals surface area (Å²) in [6.07, 6.45) is 6.39. The van der Waals surface area contributed by atoms with Gasteiger partial charge in [-0.15, -0.1) is 6.58 Å². The first-order valence-electron chi connectivity index (χ1n) is 7.08. The maximum absolute atomic E-state index is 4.14. The molecule has 0 amide bonds. The molecule has 0 saturated heterocycles. The van der Waals surface area contributed by atoms with Crippen LogP contribution in [0.3, 0.4) is 0 Å². The zero-order valence-electron chi connectivity index (χ0n) is 11.1. The van der Waals surface area contributed by atoms with Crippen LogP contribution in [-0.2, 0) is 0 Å². The van der Waals surface area contributed by atoms with Crippen LogP contribution in [0.1, 0.15) is 40.0 Å². The summed E-state index contributed by atoms with van der Waals surface area (Å²) in [6, 6.07) is 0. The van der Waals surface area contributed by atoms with Crippen LogP contribution in [0.15, 0.2) is 34.9 Å². The van der Waals surface area contributed by atoms with Gasteiger partial charge >= 0.3 is 0 Å². The highest BCUT2D eigenvalue weighted by molar-refractivity contribution is 5.81. The van der Waals surface area contributed by atoms with E-state index in [9.17, 15) is 0 Å². The molecule has 5 atom stereocenters. The average Bonchev–Trinajstić information content (AvgIpc) is 2.73. The van der Waals surface area contributed by atoms with E-state index < -0.39 is 0 Å². The molecule has 0 heterocycles. The summed E-state index contributed by atoms with van der Waals surface area (Å²) >= 11 is 0. The number of hydrogen-bond acceptors (Lipinski definition) is 0. The van der Waals surface area contributed by atoms with Crippen molar-refractivity contribution in [2.24, 2.45) is 28.1 Å². The second-order valence-corrected chi connectivity index (χ2v) is 7.71. The standard InChI is InChI=1S/C17H20/c1-5-10-11-8-15(2)7-9(6-12(10)15)13-16(3)14(11)17(13,16)4/h5,10,12H,1,6-8H2,2-4H3. The first kappa shape index (κ1) is 9.19. The van der Waals surface area contributed by atoms with Gasteiger partial charge in [0.1, 0.15) is 0 Å². The molecule has 6 bridgehead atoms. The molecule has 7 aliphatic rings. The van der Waals surface area contributed by atoms with Crippen molar-refractivity contribution in [3.63, 3.8) is 0 Å². The van der Waals surface area contributed by atoms with Gasteiger partial charge in [-0.3, -0.25) is 0 Å². The van der Waals surface area contributed by atoms with Crippen LogP contribution in [0.2, 0.25) is 0 Å². The molecule has 88 valence electrons. The van der Waals surface area contributed by atoms with E-state index in [2.05, 4.69) is 33.4 Å². The van der Waals surface area contributed by atoms with Gasteiger partial charge in [0.25, 0.3) is 0 Å². The van der Waals surface area contributed by atoms with Crippen LogP contribution in [-0.4, -0.2) is 0 Å². The summed E-state index contributed by atoms with van der Waals surface area (Å²) in [5, 5.41) is 0. The third-order valence-electron chi connectivity index (χ3n) is 7.21. The summed E-state index contributed by atoms with van der Waals surface area (Å²) in [4.78, 5) is 0. The van der Waals surface area contributed by atoms with Gasteiger partial charge in [0, 0.05) is 16.7 Å². The molecule has 0 spiro atoms. The lowest BCUT2D eigenvalue weighted by atomic mass is 9.80. The molecule has 0 aromatic rings. The van der Waals surface area contributed by atoms with E-state index in [1.165, 1.54) is 19.3 Å². The molecule has 7 aliphatic carbocycles. The van der Waals surface area contributed by atoms with Crippen LogP contribution < -0.4 is 0 Å².